The maximum Gasteiger partial charge on any atom is 0.143 e. The Morgan fingerprint density at radius 3 is 2.53 bits per heavy atom. The molecule has 0 aliphatic carbocycles. The molecule has 0 amide bonds. The molecule has 1 heterocycles. The molecule has 0 aromatic heterocycles. The van der Waals surface area contributed by atoms with Crippen LogP contribution in [0, 0.1) is 6.92 Å². The zero-order valence-electron chi connectivity index (χ0n) is 9.22. The molecule has 0 atom stereocenters. The van der Waals surface area contributed by atoms with Crippen LogP contribution in [0.15, 0.2) is 16.6 Å². The summed E-state index contributed by atoms with van der Waals surface area (Å²) in [6.07, 6.45) is 2.56. The van der Waals surface area contributed by atoms with Gasteiger partial charge in [-0.2, -0.15) is 0 Å². The largest absolute Gasteiger partial charge is 0.495 e. The van der Waals surface area contributed by atoms with Crippen LogP contribution in [0.2, 0.25) is 0 Å². The Hall–Kier alpha value is -0.700. The minimum absolute atomic E-state index is 0.976. The average Bonchev–Trinajstić information content (AvgIpc) is 2.69. The standard InChI is InChI=1S/C12H16BrNO/c1-9-7-10(13)12(11(8-9)15-2)14-5-3-4-6-14/h7-8H,3-6H2,1-2H3. The van der Waals surface area contributed by atoms with E-state index in [1.165, 1.54) is 24.1 Å². The Labute approximate surface area is 99.4 Å². The summed E-state index contributed by atoms with van der Waals surface area (Å²) in [5.41, 5.74) is 2.43. The molecule has 82 valence electrons. The first kappa shape index (κ1) is 10.8. The summed E-state index contributed by atoms with van der Waals surface area (Å²) < 4.78 is 6.59. The Morgan fingerprint density at radius 2 is 1.93 bits per heavy atom. The highest BCUT2D eigenvalue weighted by Crippen LogP contribution is 2.38. The monoisotopic (exact) mass is 269 g/mol. The molecule has 15 heavy (non-hydrogen) atoms. The second kappa shape index (κ2) is 4.44. The van der Waals surface area contributed by atoms with Gasteiger partial charge in [0, 0.05) is 17.6 Å². The third-order valence-corrected chi connectivity index (χ3v) is 3.42. The smallest absolute Gasteiger partial charge is 0.143 e. The molecule has 1 saturated heterocycles. The molecule has 0 unspecified atom stereocenters. The molecule has 0 N–H and O–H groups in total. The van der Waals surface area contributed by atoms with Gasteiger partial charge < -0.3 is 9.64 Å². The quantitative estimate of drug-likeness (QED) is 0.817. The van der Waals surface area contributed by atoms with Gasteiger partial charge in [-0.1, -0.05) is 0 Å². The number of hydrogen-bond donors (Lipinski definition) is 0. The van der Waals surface area contributed by atoms with E-state index in [0.717, 1.165) is 23.3 Å². The fraction of sp³-hybridized carbons (Fsp3) is 0.500. The number of nitrogens with zero attached hydrogens (tertiary/aromatic N) is 1. The Kier molecular flexibility index (Phi) is 3.19. The summed E-state index contributed by atoms with van der Waals surface area (Å²) in [5, 5.41) is 0. The number of hydrogen-bond acceptors (Lipinski definition) is 2. The molecule has 0 spiro atoms. The van der Waals surface area contributed by atoms with Crippen LogP contribution >= 0.6 is 15.9 Å². The molecular formula is C12H16BrNO. The molecule has 0 radical (unpaired) electrons. The fourth-order valence-corrected chi connectivity index (χ4v) is 2.91. The van der Waals surface area contributed by atoms with Crippen molar-refractivity contribution in [3.05, 3.63) is 22.2 Å². The maximum absolute atomic E-state index is 5.45. The van der Waals surface area contributed by atoms with Crippen molar-refractivity contribution in [3.63, 3.8) is 0 Å². The Bertz CT molecular complexity index is 359. The Morgan fingerprint density at radius 1 is 1.27 bits per heavy atom. The van der Waals surface area contributed by atoms with Crippen LogP contribution in [-0.2, 0) is 0 Å². The van der Waals surface area contributed by atoms with Crippen LogP contribution < -0.4 is 9.64 Å². The van der Waals surface area contributed by atoms with Crippen molar-refractivity contribution in [2.24, 2.45) is 0 Å². The highest BCUT2D eigenvalue weighted by atomic mass is 79.9. The van der Waals surface area contributed by atoms with Crippen molar-refractivity contribution in [2.45, 2.75) is 19.8 Å². The van der Waals surface area contributed by atoms with Gasteiger partial charge in [0.1, 0.15) is 5.75 Å². The molecule has 3 heteroatoms. The van der Waals surface area contributed by atoms with Gasteiger partial charge in [-0.15, -0.1) is 0 Å². The normalized spacial score (nSPS) is 15.8. The molecule has 1 aliphatic rings. The second-order valence-corrected chi connectivity index (χ2v) is 4.85. The van der Waals surface area contributed by atoms with Crippen LogP contribution in [0.3, 0.4) is 0 Å². The van der Waals surface area contributed by atoms with Gasteiger partial charge in [-0.05, 0) is 53.4 Å². The third kappa shape index (κ3) is 2.12. The molecular weight excluding hydrogens is 254 g/mol. The molecule has 2 nitrogen and oxygen atoms in total. The molecule has 1 aromatic rings. The SMILES string of the molecule is COc1cc(C)cc(Br)c1N1CCCC1. The van der Waals surface area contributed by atoms with Gasteiger partial charge in [-0.25, -0.2) is 0 Å². The number of anilines is 1. The molecule has 1 aromatic carbocycles. The van der Waals surface area contributed by atoms with Crippen LogP contribution in [0.25, 0.3) is 0 Å². The summed E-state index contributed by atoms with van der Waals surface area (Å²) in [4.78, 5) is 2.39. The number of benzene rings is 1. The van der Waals surface area contributed by atoms with Crippen molar-refractivity contribution in [1.29, 1.82) is 0 Å². The van der Waals surface area contributed by atoms with Crippen molar-refractivity contribution in [2.75, 3.05) is 25.1 Å². The van der Waals surface area contributed by atoms with E-state index in [9.17, 15) is 0 Å². The third-order valence-electron chi connectivity index (χ3n) is 2.81. The molecule has 1 aliphatic heterocycles. The minimum Gasteiger partial charge on any atom is -0.495 e. The second-order valence-electron chi connectivity index (χ2n) is 3.99. The van der Waals surface area contributed by atoms with E-state index in [0.29, 0.717) is 0 Å². The van der Waals surface area contributed by atoms with Crippen molar-refractivity contribution >= 4 is 21.6 Å². The van der Waals surface area contributed by atoms with E-state index < -0.39 is 0 Å². The number of ether oxygens (including phenoxy) is 1. The van der Waals surface area contributed by atoms with Gasteiger partial charge in [0.25, 0.3) is 0 Å². The lowest BCUT2D eigenvalue weighted by molar-refractivity contribution is 0.414. The molecule has 0 saturated carbocycles. The van der Waals surface area contributed by atoms with Crippen LogP contribution in [0.5, 0.6) is 5.75 Å². The first-order valence-corrected chi connectivity index (χ1v) is 6.11. The zero-order valence-corrected chi connectivity index (χ0v) is 10.8. The highest BCUT2D eigenvalue weighted by molar-refractivity contribution is 9.10. The Balaban J connectivity index is 2.43. The summed E-state index contributed by atoms with van der Waals surface area (Å²) in [7, 11) is 1.74. The van der Waals surface area contributed by atoms with Crippen molar-refractivity contribution < 1.29 is 4.74 Å². The first-order valence-electron chi connectivity index (χ1n) is 5.31. The van der Waals surface area contributed by atoms with Crippen molar-refractivity contribution in [3.8, 4) is 5.75 Å². The van der Waals surface area contributed by atoms with E-state index in [4.69, 9.17) is 4.74 Å². The van der Waals surface area contributed by atoms with E-state index in [2.05, 4.69) is 39.9 Å². The van der Waals surface area contributed by atoms with Crippen LogP contribution in [0.1, 0.15) is 18.4 Å². The molecule has 0 bridgehead atoms. The van der Waals surface area contributed by atoms with E-state index in [1.807, 2.05) is 0 Å². The van der Waals surface area contributed by atoms with Crippen LogP contribution in [-0.4, -0.2) is 20.2 Å². The lowest BCUT2D eigenvalue weighted by Gasteiger charge is -2.22. The summed E-state index contributed by atoms with van der Waals surface area (Å²) >= 11 is 3.63. The topological polar surface area (TPSA) is 12.5 Å². The minimum atomic E-state index is 0.976. The van der Waals surface area contributed by atoms with Crippen molar-refractivity contribution in [1.82, 2.24) is 0 Å². The van der Waals surface area contributed by atoms with Crippen LogP contribution in [0.4, 0.5) is 5.69 Å². The molecule has 1 fully saturated rings. The molecule has 2 rings (SSSR count). The predicted molar refractivity (Wildman–Crippen MR) is 66.9 cm³/mol. The summed E-state index contributed by atoms with van der Waals surface area (Å²) in [6, 6.07) is 4.24. The summed E-state index contributed by atoms with van der Waals surface area (Å²) in [6.45, 7) is 4.36. The van der Waals surface area contributed by atoms with Gasteiger partial charge >= 0.3 is 0 Å². The van der Waals surface area contributed by atoms with Gasteiger partial charge in [0.05, 0.1) is 12.8 Å². The number of rotatable bonds is 2. The lowest BCUT2D eigenvalue weighted by Crippen LogP contribution is -2.19. The fourth-order valence-electron chi connectivity index (χ4n) is 2.11. The number of methoxy groups -OCH3 is 1. The number of halogens is 1. The van der Waals surface area contributed by atoms with E-state index in [-0.39, 0.29) is 0 Å². The van der Waals surface area contributed by atoms with E-state index in [1.54, 1.807) is 7.11 Å². The predicted octanol–water partition coefficient (Wildman–Crippen LogP) is 3.37. The van der Waals surface area contributed by atoms with Gasteiger partial charge in [0.2, 0.25) is 0 Å². The summed E-state index contributed by atoms with van der Waals surface area (Å²) in [5.74, 6) is 0.976. The van der Waals surface area contributed by atoms with Gasteiger partial charge in [0.15, 0.2) is 0 Å². The number of aryl methyl sites for hydroxylation is 1. The highest BCUT2D eigenvalue weighted by Gasteiger charge is 2.19. The lowest BCUT2D eigenvalue weighted by atomic mass is 10.2. The maximum atomic E-state index is 5.45. The van der Waals surface area contributed by atoms with Gasteiger partial charge in [-0.3, -0.25) is 0 Å². The van der Waals surface area contributed by atoms with E-state index >= 15 is 0 Å². The zero-order chi connectivity index (χ0) is 10.8. The first-order chi connectivity index (χ1) is 7.22. The average molecular weight is 270 g/mol.